The highest BCUT2D eigenvalue weighted by Crippen LogP contribution is 2.52. The van der Waals surface area contributed by atoms with E-state index in [1.54, 1.807) is 25.7 Å². The van der Waals surface area contributed by atoms with Crippen molar-refractivity contribution < 1.29 is 38.4 Å². The van der Waals surface area contributed by atoms with Crippen molar-refractivity contribution in [3.63, 3.8) is 0 Å². The third-order valence-corrected chi connectivity index (χ3v) is 5.36. The van der Waals surface area contributed by atoms with Gasteiger partial charge >= 0.3 is 29.6 Å². The molecule has 0 amide bonds. The summed E-state index contributed by atoms with van der Waals surface area (Å²) in [6.45, 7) is 5.63. The number of nitrogens with zero attached hydrogens (tertiary/aromatic N) is 2. The number of pyridine rings is 1. The summed E-state index contributed by atoms with van der Waals surface area (Å²) < 4.78 is 23.0. The lowest BCUT2D eigenvalue weighted by Gasteiger charge is -2.57. The van der Waals surface area contributed by atoms with Gasteiger partial charge in [-0.25, -0.2) is 14.7 Å². The summed E-state index contributed by atoms with van der Waals surface area (Å²) in [7, 11) is 0. The molecule has 162 valence electrons. The lowest BCUT2D eigenvalue weighted by molar-refractivity contribution is -0.461. The molecule has 1 aromatic heterocycles. The van der Waals surface area contributed by atoms with Gasteiger partial charge in [0.15, 0.2) is 5.60 Å². The number of ether oxygens (including phenoxy) is 4. The maximum Gasteiger partial charge on any atom is 0.395 e. The van der Waals surface area contributed by atoms with Gasteiger partial charge in [-0.15, -0.1) is 0 Å². The predicted molar refractivity (Wildman–Crippen MR) is 97.9 cm³/mol. The Balaban J connectivity index is 2.04. The van der Waals surface area contributed by atoms with Crippen LogP contribution in [0.1, 0.15) is 39.2 Å². The van der Waals surface area contributed by atoms with Gasteiger partial charge in [-0.05, 0) is 32.9 Å². The van der Waals surface area contributed by atoms with E-state index < -0.39 is 53.6 Å². The number of hydrogen-bond acceptors (Lipinski definition) is 11. The number of aliphatic hydroxyl groups is 1. The second-order valence-corrected chi connectivity index (χ2v) is 8.56. The first-order chi connectivity index (χ1) is 13.9. The zero-order valence-corrected chi connectivity index (χ0v) is 16.8. The van der Waals surface area contributed by atoms with E-state index in [-0.39, 0.29) is 24.5 Å². The van der Waals surface area contributed by atoms with Crippen molar-refractivity contribution >= 4 is 23.7 Å². The Kier molecular flexibility index (Phi) is 4.35. The van der Waals surface area contributed by atoms with Gasteiger partial charge in [0.1, 0.15) is 5.82 Å². The Morgan fingerprint density at radius 1 is 1.10 bits per heavy atom. The molecule has 0 aliphatic carbocycles. The SMILES string of the molecule is CC(C)(C)N1CCOC2(c3ccc(N)nc3)OC(=O)CC3(O)CC(=O)OC12OC3=O. The molecule has 3 N–H and O–H groups in total. The molecule has 3 atom stereocenters. The van der Waals surface area contributed by atoms with Crippen LogP contribution in [0.25, 0.3) is 0 Å². The fourth-order valence-corrected chi connectivity index (χ4v) is 4.05. The van der Waals surface area contributed by atoms with Crippen molar-refractivity contribution in [1.82, 2.24) is 9.88 Å². The molecule has 3 aliphatic rings. The van der Waals surface area contributed by atoms with E-state index in [2.05, 4.69) is 4.98 Å². The van der Waals surface area contributed by atoms with Gasteiger partial charge in [-0.2, -0.15) is 0 Å². The zero-order chi connectivity index (χ0) is 21.9. The molecule has 0 aromatic carbocycles. The first-order valence-corrected chi connectivity index (χ1v) is 9.45. The topological polar surface area (TPSA) is 151 Å². The number of nitrogens with two attached hydrogens (primary N) is 1. The van der Waals surface area contributed by atoms with Gasteiger partial charge in [0.05, 0.1) is 25.0 Å². The van der Waals surface area contributed by atoms with Crippen LogP contribution in [0.15, 0.2) is 18.3 Å². The summed E-state index contributed by atoms with van der Waals surface area (Å²) in [6.07, 6.45) is -0.284. The number of carbonyl (C=O) groups excluding carboxylic acids is 3. The highest BCUT2D eigenvalue weighted by atomic mass is 16.8. The fraction of sp³-hybridized carbons (Fsp3) is 0.579. The second-order valence-electron chi connectivity index (χ2n) is 8.56. The van der Waals surface area contributed by atoms with Crippen molar-refractivity contribution in [2.24, 2.45) is 0 Å². The number of morpholine rings is 1. The third-order valence-electron chi connectivity index (χ3n) is 5.36. The number of hydrogen-bond donors (Lipinski definition) is 2. The summed E-state index contributed by atoms with van der Waals surface area (Å²) in [4.78, 5) is 44.1. The summed E-state index contributed by atoms with van der Waals surface area (Å²) in [5, 5.41) is 10.7. The summed E-state index contributed by atoms with van der Waals surface area (Å²) >= 11 is 0. The smallest absolute Gasteiger partial charge is 0.395 e. The number of rotatable bonds is 1. The molecule has 0 saturated carbocycles. The maximum atomic E-state index is 13.0. The van der Waals surface area contributed by atoms with Crippen LogP contribution in [-0.4, -0.2) is 63.1 Å². The van der Waals surface area contributed by atoms with Crippen molar-refractivity contribution in [2.45, 2.75) is 56.5 Å². The lowest BCUT2D eigenvalue weighted by Crippen LogP contribution is -2.76. The number of anilines is 1. The number of nitrogen functional groups attached to an aromatic ring is 1. The molecule has 11 heteroatoms. The quantitative estimate of drug-likeness (QED) is 0.579. The summed E-state index contributed by atoms with van der Waals surface area (Å²) in [5.74, 6) is -7.44. The van der Waals surface area contributed by atoms with Crippen LogP contribution in [0.3, 0.4) is 0 Å². The first kappa shape index (κ1) is 20.5. The molecular formula is C19H23N3O8. The van der Waals surface area contributed by atoms with Crippen LogP contribution < -0.4 is 5.73 Å². The number of esters is 3. The standard InChI is InChI=1S/C19H23N3O8/c1-16(2,3)22-6-7-27-18(11-4-5-12(20)21-10-11)19(22)29-14(24)9-17(26,15(25)30-19)8-13(23)28-18/h4-5,10,26H,6-9H2,1-3H3,(H2,20,21). The van der Waals surface area contributed by atoms with E-state index in [9.17, 15) is 19.5 Å². The van der Waals surface area contributed by atoms with Crippen LogP contribution >= 0.6 is 0 Å². The van der Waals surface area contributed by atoms with E-state index in [4.69, 9.17) is 24.7 Å². The molecule has 3 unspecified atom stereocenters. The van der Waals surface area contributed by atoms with Gasteiger partial charge in [0.2, 0.25) is 0 Å². The van der Waals surface area contributed by atoms with E-state index in [0.717, 1.165) is 0 Å². The largest absolute Gasteiger partial charge is 0.418 e. The highest BCUT2D eigenvalue weighted by Gasteiger charge is 2.75. The normalized spacial score (nSPS) is 34.7. The molecule has 1 aromatic rings. The number of fused-ring (bicyclic) bond motifs is 2. The third kappa shape index (κ3) is 2.84. The van der Waals surface area contributed by atoms with Crippen LogP contribution in [0, 0.1) is 0 Å². The van der Waals surface area contributed by atoms with E-state index in [1.807, 2.05) is 0 Å². The Morgan fingerprint density at radius 3 is 2.37 bits per heavy atom. The molecule has 0 radical (unpaired) electrons. The Hall–Kier alpha value is -2.76. The molecule has 1 spiro atoms. The Morgan fingerprint density at radius 2 is 1.77 bits per heavy atom. The van der Waals surface area contributed by atoms with E-state index in [1.165, 1.54) is 18.3 Å². The predicted octanol–water partition coefficient (Wildman–Crippen LogP) is -0.231. The molecule has 30 heavy (non-hydrogen) atoms. The molecule has 3 saturated heterocycles. The fourth-order valence-electron chi connectivity index (χ4n) is 4.05. The number of carbonyl (C=O) groups is 3. The molecule has 11 nitrogen and oxygen atoms in total. The molecule has 3 aliphatic heterocycles. The minimum atomic E-state index is -2.41. The Labute approximate surface area is 172 Å². The van der Waals surface area contributed by atoms with Crippen LogP contribution in [-0.2, 0) is 39.1 Å². The average Bonchev–Trinajstić information content (AvgIpc) is 2.68. The van der Waals surface area contributed by atoms with Crippen LogP contribution in [0.4, 0.5) is 5.82 Å². The van der Waals surface area contributed by atoms with Crippen molar-refractivity contribution in [2.75, 3.05) is 18.9 Å². The van der Waals surface area contributed by atoms with Gasteiger partial charge in [-0.3, -0.25) is 9.59 Å². The molecular weight excluding hydrogens is 398 g/mol. The van der Waals surface area contributed by atoms with Crippen LogP contribution in [0.2, 0.25) is 0 Å². The van der Waals surface area contributed by atoms with Gasteiger partial charge in [0, 0.05) is 18.3 Å². The molecule has 2 bridgehead atoms. The number of aromatic nitrogens is 1. The lowest BCUT2D eigenvalue weighted by atomic mass is 9.92. The van der Waals surface area contributed by atoms with Crippen molar-refractivity contribution in [3.05, 3.63) is 23.9 Å². The van der Waals surface area contributed by atoms with Crippen LogP contribution in [0.5, 0.6) is 0 Å². The van der Waals surface area contributed by atoms with Gasteiger partial charge in [-0.1, -0.05) is 0 Å². The molecule has 4 rings (SSSR count). The first-order valence-electron chi connectivity index (χ1n) is 9.45. The highest BCUT2D eigenvalue weighted by molar-refractivity contribution is 5.92. The molecule has 4 heterocycles. The van der Waals surface area contributed by atoms with Crippen molar-refractivity contribution in [3.8, 4) is 0 Å². The summed E-state index contributed by atoms with van der Waals surface area (Å²) in [6, 6.07) is 2.92. The summed E-state index contributed by atoms with van der Waals surface area (Å²) in [5.41, 5.74) is 2.68. The Bertz CT molecular complexity index is 913. The van der Waals surface area contributed by atoms with Gasteiger partial charge < -0.3 is 29.8 Å². The molecule has 3 fully saturated rings. The zero-order valence-electron chi connectivity index (χ0n) is 16.8. The average molecular weight is 421 g/mol. The minimum absolute atomic E-state index is 0.0516. The monoisotopic (exact) mass is 421 g/mol. The minimum Gasteiger partial charge on any atom is -0.418 e. The van der Waals surface area contributed by atoms with Crippen molar-refractivity contribution in [1.29, 1.82) is 0 Å². The van der Waals surface area contributed by atoms with E-state index in [0.29, 0.717) is 0 Å². The van der Waals surface area contributed by atoms with Gasteiger partial charge in [0.25, 0.3) is 0 Å². The second kappa shape index (κ2) is 6.37. The maximum absolute atomic E-state index is 13.0. The van der Waals surface area contributed by atoms with E-state index >= 15 is 0 Å².